The van der Waals surface area contributed by atoms with Gasteiger partial charge in [-0.05, 0) is 0 Å². The third-order valence-electron chi connectivity index (χ3n) is 4.47. The molecule has 0 radical (unpaired) electrons. The molecule has 1 heterocycles. The lowest BCUT2D eigenvalue weighted by Crippen LogP contribution is -2.34. The number of ether oxygens (including phenoxy) is 4. The number of hydrogen-bond acceptors (Lipinski definition) is 7. The number of pyridine rings is 1. The van der Waals surface area contributed by atoms with E-state index in [2.05, 4.69) is 5.32 Å². The molecule has 12 heteroatoms. The molecule has 2 aromatic rings. The Bertz CT molecular complexity index is 1040. The van der Waals surface area contributed by atoms with Gasteiger partial charge in [0.1, 0.15) is 23.0 Å². The van der Waals surface area contributed by atoms with Crippen molar-refractivity contribution in [2.24, 2.45) is 0 Å². The van der Waals surface area contributed by atoms with Gasteiger partial charge in [-0.3, -0.25) is 9.59 Å². The summed E-state index contributed by atoms with van der Waals surface area (Å²) in [6, 6.07) is 0.919. The molecule has 0 aliphatic rings. The smallest absolute Gasteiger partial charge is 0.358 e. The molecule has 1 N–H and O–H groups in total. The lowest BCUT2D eigenvalue weighted by Gasteiger charge is -2.20. The predicted octanol–water partition coefficient (Wildman–Crippen LogP) is 1.61. The minimum atomic E-state index is -1.21. The van der Waals surface area contributed by atoms with Crippen LogP contribution in [0.15, 0.2) is 23.1 Å². The first-order chi connectivity index (χ1) is 15.2. The largest absolute Gasteiger partial charge is 0.491 e. The Morgan fingerprint density at radius 1 is 1.06 bits per heavy atom. The molecule has 0 fully saturated rings. The fraction of sp³-hybridized carbons (Fsp3) is 0.350. The normalized spacial score (nSPS) is 10.9. The van der Waals surface area contributed by atoms with E-state index >= 15 is 0 Å². The number of esters is 1. The van der Waals surface area contributed by atoms with E-state index in [0.29, 0.717) is 12.1 Å². The maximum absolute atomic E-state index is 13.8. The zero-order valence-corrected chi connectivity index (χ0v) is 17.7. The molecular weight excluding hydrogens is 437 g/mol. The third kappa shape index (κ3) is 5.26. The van der Waals surface area contributed by atoms with Gasteiger partial charge in [0, 0.05) is 44.7 Å². The molecular formula is C20H21F3N2O7. The summed E-state index contributed by atoms with van der Waals surface area (Å²) in [5.74, 6) is -5.97. The number of rotatable bonds is 9. The topological polar surface area (TPSA) is 105 Å². The van der Waals surface area contributed by atoms with Crippen LogP contribution < -0.4 is 15.5 Å². The molecule has 0 atom stereocenters. The average molecular weight is 458 g/mol. The van der Waals surface area contributed by atoms with Crippen molar-refractivity contribution >= 4 is 11.9 Å². The Morgan fingerprint density at radius 3 is 2.16 bits per heavy atom. The number of halogens is 3. The number of aromatic nitrogens is 1. The molecule has 32 heavy (non-hydrogen) atoms. The highest BCUT2D eigenvalue weighted by Crippen LogP contribution is 2.18. The average Bonchev–Trinajstić information content (AvgIpc) is 2.76. The molecule has 2 rings (SSSR count). The first kappa shape index (κ1) is 24.9. The van der Waals surface area contributed by atoms with Gasteiger partial charge in [-0.15, -0.1) is 0 Å². The van der Waals surface area contributed by atoms with Crippen molar-refractivity contribution in [3.63, 3.8) is 0 Å². The second-order valence-corrected chi connectivity index (χ2v) is 6.33. The van der Waals surface area contributed by atoms with Gasteiger partial charge in [0.05, 0.1) is 20.8 Å². The molecule has 1 aromatic heterocycles. The summed E-state index contributed by atoms with van der Waals surface area (Å²) < 4.78 is 61.8. The van der Waals surface area contributed by atoms with E-state index < -0.39 is 64.5 Å². The highest BCUT2D eigenvalue weighted by Gasteiger charge is 2.27. The minimum Gasteiger partial charge on any atom is -0.491 e. The van der Waals surface area contributed by atoms with Crippen LogP contribution in [0.2, 0.25) is 0 Å². The van der Waals surface area contributed by atoms with E-state index in [1.54, 1.807) is 0 Å². The van der Waals surface area contributed by atoms with Gasteiger partial charge >= 0.3 is 5.97 Å². The molecule has 174 valence electrons. The quantitative estimate of drug-likeness (QED) is 0.450. The Hall–Kier alpha value is -3.38. The van der Waals surface area contributed by atoms with Crippen molar-refractivity contribution in [3.8, 4) is 5.75 Å². The van der Waals surface area contributed by atoms with Crippen LogP contribution in [0, 0.1) is 17.5 Å². The van der Waals surface area contributed by atoms with E-state index in [1.165, 1.54) is 14.2 Å². The molecule has 0 bridgehead atoms. The van der Waals surface area contributed by atoms with Crippen LogP contribution in [-0.4, -0.2) is 51.2 Å². The van der Waals surface area contributed by atoms with Crippen molar-refractivity contribution in [2.45, 2.75) is 19.4 Å². The van der Waals surface area contributed by atoms with E-state index in [4.69, 9.17) is 18.9 Å². The van der Waals surface area contributed by atoms with Gasteiger partial charge in [0.25, 0.3) is 5.91 Å². The third-order valence-corrected chi connectivity index (χ3v) is 4.47. The number of nitrogens with zero attached hydrogens (tertiary/aromatic N) is 1. The molecule has 0 aliphatic heterocycles. The molecule has 9 nitrogen and oxygen atoms in total. The number of benzene rings is 1. The fourth-order valence-corrected chi connectivity index (χ4v) is 2.85. The van der Waals surface area contributed by atoms with Crippen LogP contribution >= 0.6 is 0 Å². The fourth-order valence-electron chi connectivity index (χ4n) is 2.85. The number of carbonyl (C=O) groups is 2. The Labute approximate surface area is 180 Å². The van der Waals surface area contributed by atoms with Crippen molar-refractivity contribution in [2.75, 3.05) is 28.4 Å². The van der Waals surface area contributed by atoms with Gasteiger partial charge in [-0.2, -0.15) is 0 Å². The van der Waals surface area contributed by atoms with E-state index in [0.717, 1.165) is 25.0 Å². The number of amides is 1. The number of nitrogens with one attached hydrogen (secondary N) is 1. The minimum absolute atomic E-state index is 0.143. The first-order valence-corrected chi connectivity index (χ1v) is 9.05. The lowest BCUT2D eigenvalue weighted by atomic mass is 10.1. The molecule has 0 unspecified atom stereocenters. The molecule has 0 saturated heterocycles. The van der Waals surface area contributed by atoms with Gasteiger partial charge in [-0.25, -0.2) is 18.0 Å². The molecule has 0 aliphatic carbocycles. The number of methoxy groups -OCH3 is 4. The van der Waals surface area contributed by atoms with Crippen LogP contribution in [0.5, 0.6) is 5.75 Å². The highest BCUT2D eigenvalue weighted by atomic mass is 19.1. The van der Waals surface area contributed by atoms with Gasteiger partial charge < -0.3 is 28.8 Å². The summed E-state index contributed by atoms with van der Waals surface area (Å²) in [6.45, 7) is -0.814. The molecule has 0 saturated carbocycles. The maximum atomic E-state index is 13.8. The summed E-state index contributed by atoms with van der Waals surface area (Å²) in [5, 5.41) is 2.19. The van der Waals surface area contributed by atoms with E-state index in [1.807, 2.05) is 0 Å². The van der Waals surface area contributed by atoms with Crippen molar-refractivity contribution < 1.29 is 41.7 Å². The van der Waals surface area contributed by atoms with Crippen LogP contribution in [-0.2, 0) is 27.3 Å². The standard InChI is InChI=1S/C20H21F3N2O7/c1-29-15(30-2)9-25-8-12(17(26)18(31-3)16(25)20(28)32-4)19(27)24-7-11-13(22)5-10(21)6-14(11)23/h5-6,8,15H,7,9H2,1-4H3,(H,24,27). The second-order valence-electron chi connectivity index (χ2n) is 6.33. The monoisotopic (exact) mass is 458 g/mol. The molecule has 1 aromatic carbocycles. The molecule has 1 amide bonds. The highest BCUT2D eigenvalue weighted by molar-refractivity contribution is 5.96. The van der Waals surface area contributed by atoms with E-state index in [-0.39, 0.29) is 12.2 Å². The zero-order valence-electron chi connectivity index (χ0n) is 17.7. The summed E-state index contributed by atoms with van der Waals surface area (Å²) in [4.78, 5) is 37.7. The summed E-state index contributed by atoms with van der Waals surface area (Å²) in [5.41, 5.74) is -2.36. The second kappa shape index (κ2) is 10.8. The predicted molar refractivity (Wildman–Crippen MR) is 104 cm³/mol. The summed E-state index contributed by atoms with van der Waals surface area (Å²) in [7, 11) is 4.88. The van der Waals surface area contributed by atoms with Gasteiger partial charge in [0.2, 0.25) is 5.43 Å². The maximum Gasteiger partial charge on any atom is 0.358 e. The molecule has 0 spiro atoms. The van der Waals surface area contributed by atoms with E-state index in [9.17, 15) is 27.6 Å². The Balaban J connectivity index is 2.49. The number of hydrogen-bond donors (Lipinski definition) is 1. The Morgan fingerprint density at radius 2 is 1.66 bits per heavy atom. The van der Waals surface area contributed by atoms with Crippen molar-refractivity contribution in [1.82, 2.24) is 9.88 Å². The van der Waals surface area contributed by atoms with Crippen LogP contribution in [0.25, 0.3) is 0 Å². The first-order valence-electron chi connectivity index (χ1n) is 9.05. The van der Waals surface area contributed by atoms with Crippen molar-refractivity contribution in [3.05, 3.63) is 62.8 Å². The van der Waals surface area contributed by atoms with Crippen LogP contribution in [0.1, 0.15) is 26.4 Å². The lowest BCUT2D eigenvalue weighted by molar-refractivity contribution is -0.111. The Kier molecular flexibility index (Phi) is 8.38. The van der Waals surface area contributed by atoms with Crippen LogP contribution in [0.3, 0.4) is 0 Å². The van der Waals surface area contributed by atoms with Crippen LogP contribution in [0.4, 0.5) is 13.2 Å². The summed E-state index contributed by atoms with van der Waals surface area (Å²) >= 11 is 0. The zero-order chi connectivity index (χ0) is 24.0. The van der Waals surface area contributed by atoms with Gasteiger partial charge in [-0.1, -0.05) is 0 Å². The van der Waals surface area contributed by atoms with Gasteiger partial charge in [0.15, 0.2) is 17.7 Å². The SMILES string of the molecule is COC(=O)c1c(OC)c(=O)c(C(=O)NCc2c(F)cc(F)cc2F)cn1CC(OC)OC. The van der Waals surface area contributed by atoms with Crippen molar-refractivity contribution in [1.29, 1.82) is 0 Å². The number of carbonyl (C=O) groups excluding carboxylic acids is 2. The summed E-state index contributed by atoms with van der Waals surface area (Å²) in [6.07, 6.45) is 0.165.